The van der Waals surface area contributed by atoms with Crippen LogP contribution in [0.25, 0.3) is 60.3 Å². The van der Waals surface area contributed by atoms with E-state index in [4.69, 9.17) is 68.5 Å². The second-order valence-corrected chi connectivity index (χ2v) is 33.2. The molecule has 3 amide bonds. The number of aliphatic hydroxyl groups excluding tert-OH is 1. The van der Waals surface area contributed by atoms with Gasteiger partial charge in [0, 0.05) is 131 Å². The lowest BCUT2D eigenvalue weighted by Crippen LogP contribution is -2.49. The first-order chi connectivity index (χ1) is 60.7. The number of alkyl halides is 3. The number of carbonyl (C=O) groups excluding carboxylic acids is 4. The van der Waals surface area contributed by atoms with Crippen LogP contribution >= 0.6 is 22.9 Å². The fraction of sp³-hybridized carbons (Fsp3) is 0.300. The first kappa shape index (κ1) is 96.0. The molecule has 1 aliphatic carbocycles. The monoisotopic (exact) mass is 1800 g/mol. The summed E-state index contributed by atoms with van der Waals surface area (Å²) in [4.78, 5) is 91.4. The zero-order valence-electron chi connectivity index (χ0n) is 71.3. The number of aromatic nitrogens is 7. The van der Waals surface area contributed by atoms with Crippen LogP contribution in [0.3, 0.4) is 0 Å². The van der Waals surface area contributed by atoms with Crippen molar-refractivity contribution < 1.29 is 69.0 Å². The number of hydrogen-bond acceptors (Lipinski definition) is 25. The van der Waals surface area contributed by atoms with E-state index in [-0.39, 0.29) is 80.1 Å². The molecule has 2 aliphatic heterocycles. The number of nitrogens with two attached hydrogens (primary N) is 5. The number of amides is 3. The van der Waals surface area contributed by atoms with Crippen LogP contribution in [-0.4, -0.2) is 160 Å². The first-order valence-corrected chi connectivity index (χ1v) is 42.9. The number of aliphatic hydroxyl groups is 1. The average molecular weight is 1800 g/mol. The van der Waals surface area contributed by atoms with Crippen molar-refractivity contribution in [3.63, 3.8) is 0 Å². The Labute approximate surface area is 739 Å². The molecule has 2 fully saturated rings. The maximum Gasteiger partial charge on any atom is 0.417 e. The Morgan fingerprint density at radius 1 is 0.732 bits per heavy atom. The highest BCUT2D eigenvalue weighted by Crippen LogP contribution is 2.44. The van der Waals surface area contributed by atoms with Crippen LogP contribution in [0.2, 0.25) is 5.02 Å². The molecule has 2 saturated heterocycles. The Bertz CT molecular complexity index is 6200. The van der Waals surface area contributed by atoms with Gasteiger partial charge in [-0.3, -0.25) is 33.3 Å². The Morgan fingerprint density at radius 2 is 1.41 bits per heavy atom. The highest BCUT2D eigenvalue weighted by Gasteiger charge is 2.38. The average Bonchev–Trinajstić information content (AvgIpc) is 1.29. The van der Waals surface area contributed by atoms with Gasteiger partial charge >= 0.3 is 6.18 Å². The fourth-order valence-corrected chi connectivity index (χ4v) is 16.2. The molecule has 670 valence electrons. The number of nitrogens with zero attached hydrogens (tertiary/aromatic N) is 10. The molecule has 0 saturated carbocycles. The van der Waals surface area contributed by atoms with Crippen LogP contribution in [0.1, 0.15) is 106 Å². The normalized spacial score (nSPS) is 13.5. The van der Waals surface area contributed by atoms with Crippen LogP contribution in [0.15, 0.2) is 195 Å². The molecular formula is C90H101ClF3N17O14S2. The quantitative estimate of drug-likeness (QED) is 0.0225. The van der Waals surface area contributed by atoms with Gasteiger partial charge in [0.2, 0.25) is 17.8 Å². The molecule has 3 aliphatic rings. The molecule has 37 heteroatoms. The van der Waals surface area contributed by atoms with E-state index in [0.717, 1.165) is 109 Å². The zero-order chi connectivity index (χ0) is 91.8. The van der Waals surface area contributed by atoms with Gasteiger partial charge in [-0.15, -0.1) is 11.3 Å². The number of fused-ring (bicyclic) bond motifs is 4. The minimum atomic E-state index is -4.63. The van der Waals surface area contributed by atoms with E-state index in [9.17, 15) is 50.4 Å². The number of halogens is 4. The number of benzene rings is 5. The van der Waals surface area contributed by atoms with Crippen LogP contribution in [0, 0.1) is 12.8 Å². The van der Waals surface area contributed by atoms with Crippen molar-refractivity contribution in [2.45, 2.75) is 97.3 Å². The predicted octanol–water partition coefficient (Wildman–Crippen LogP) is 13.2. The molecule has 0 bridgehead atoms. The molecular weight excluding hydrogens is 1700 g/mol. The van der Waals surface area contributed by atoms with Crippen LogP contribution < -0.4 is 64.6 Å². The van der Waals surface area contributed by atoms with Gasteiger partial charge in [-0.2, -0.15) is 30.2 Å². The van der Waals surface area contributed by atoms with Crippen LogP contribution in [-0.2, 0) is 58.3 Å². The molecule has 127 heavy (non-hydrogen) atoms. The van der Waals surface area contributed by atoms with Gasteiger partial charge in [0.25, 0.3) is 27.2 Å². The summed E-state index contributed by atoms with van der Waals surface area (Å²) >= 11 is 6.55. The highest BCUT2D eigenvalue weighted by atomic mass is 35.5. The summed E-state index contributed by atoms with van der Waals surface area (Å²) in [6, 6.07) is 43.2. The van der Waals surface area contributed by atoms with Crippen molar-refractivity contribution >= 4 is 117 Å². The summed E-state index contributed by atoms with van der Waals surface area (Å²) in [5, 5.41) is 19.3. The number of ketones is 1. The predicted molar refractivity (Wildman–Crippen MR) is 486 cm³/mol. The Kier molecular flexibility index (Phi) is 33.7. The summed E-state index contributed by atoms with van der Waals surface area (Å²) in [5.41, 5.74) is 36.0. The van der Waals surface area contributed by atoms with Crippen LogP contribution in [0.4, 0.5) is 41.9 Å². The number of ether oxygens (including phenoxy) is 3. The molecule has 5 aromatic carbocycles. The first-order valence-electron chi connectivity index (χ1n) is 40.3. The van der Waals surface area contributed by atoms with Gasteiger partial charge < -0.3 is 77.0 Å². The molecule has 0 radical (unpaired) electrons. The number of thiophene rings is 1. The largest absolute Gasteiger partial charge is 0.497 e. The summed E-state index contributed by atoms with van der Waals surface area (Å²) in [6.07, 6.45) is 11.7. The smallest absolute Gasteiger partial charge is 0.417 e. The highest BCUT2D eigenvalue weighted by molar-refractivity contribution is 7.86. The van der Waals surface area contributed by atoms with Crippen LogP contribution in [0.5, 0.6) is 17.2 Å². The molecule has 1 atom stereocenters. The van der Waals surface area contributed by atoms with E-state index in [1.54, 1.807) is 137 Å². The number of anilines is 5. The molecule has 13 N–H and O–H groups in total. The number of nitrogen functional groups attached to an aromatic ring is 5. The van der Waals surface area contributed by atoms with E-state index < -0.39 is 27.7 Å². The summed E-state index contributed by atoms with van der Waals surface area (Å²) < 4.78 is 96.2. The van der Waals surface area contributed by atoms with Gasteiger partial charge in [0.15, 0.2) is 17.2 Å². The van der Waals surface area contributed by atoms with E-state index in [1.165, 1.54) is 64.3 Å². The number of nitrogens with one attached hydrogen (secondary N) is 2. The Hall–Kier alpha value is -13.3. The van der Waals surface area contributed by atoms with E-state index in [2.05, 4.69) is 35.7 Å². The third-order valence-electron chi connectivity index (χ3n) is 20.6. The topological polar surface area (TPSA) is 449 Å². The number of carbonyl (C=O) groups is 4. The lowest BCUT2D eigenvalue weighted by Gasteiger charge is -2.34. The van der Waals surface area contributed by atoms with E-state index in [0.29, 0.717) is 104 Å². The number of likely N-dealkylation sites (tertiary alicyclic amines) is 1. The lowest BCUT2D eigenvalue weighted by molar-refractivity contribution is -0.136. The minimum Gasteiger partial charge on any atom is -0.497 e. The molecule has 31 nitrogen and oxygen atoms in total. The number of Topliss-reactive ketones (excluding diaryl/α,β-unsaturated/α-hetero) is 1. The maximum absolute atomic E-state index is 13.6. The second-order valence-electron chi connectivity index (χ2n) is 29.6. The SMILES string of the molecule is CN(C)S(=O)(=O)N1CCCC(C(=O)N2CCCC2)C1.CNC(=O)CCc1ccc(N)cc1.COc1ccc(-c2cc(C(=O)NCc3ccco3)no2)cc1.COc1cccc(-c2cc(C(F)(F)F)c3c(N)c(C(C)=O)sc3n2)c1.COc1cccc(-n2ccc3nc4ccn(CCO)c(=O)c4cc3c2=O)c1.Cc1cc(Cl)cc(N)c1N.Nc1ncc2c(n1)CCCC2. The molecule has 13 aromatic rings. The van der Waals surface area contributed by atoms with Crippen molar-refractivity contribution in [2.24, 2.45) is 5.92 Å². The number of pyridine rings is 4. The minimum absolute atomic E-state index is 0.0665. The molecule has 16 rings (SSSR count). The third kappa shape index (κ3) is 25.5. The van der Waals surface area contributed by atoms with E-state index in [1.807, 2.05) is 66.6 Å². The number of aryl methyl sites for hydroxylation is 4. The molecule has 0 spiro atoms. The number of methoxy groups -OCH3 is 3. The fourth-order valence-electron chi connectivity index (χ4n) is 13.7. The van der Waals surface area contributed by atoms with Crippen molar-refractivity contribution in [3.05, 3.63) is 247 Å². The Morgan fingerprint density at radius 3 is 2.06 bits per heavy atom. The van der Waals surface area contributed by atoms with Crippen molar-refractivity contribution in [1.29, 1.82) is 0 Å². The van der Waals surface area contributed by atoms with E-state index >= 15 is 0 Å². The molecule has 1 unspecified atom stereocenters. The lowest BCUT2D eigenvalue weighted by atomic mass is 9.98. The van der Waals surface area contributed by atoms with Gasteiger partial charge in [-0.05, 0) is 191 Å². The number of furan rings is 1. The maximum atomic E-state index is 13.6. The van der Waals surface area contributed by atoms with Gasteiger partial charge in [-0.1, -0.05) is 47.1 Å². The number of rotatable bonds is 18. The van der Waals surface area contributed by atoms with Crippen molar-refractivity contribution in [1.82, 2.24) is 58.4 Å². The number of piperidine rings is 1. The molecule has 10 heterocycles. The molecule has 8 aromatic heterocycles. The standard InChI is InChI=1S/C20H17N3O4.C17H13F3N2O2S.C16H14N2O4.C12H23N3O3S.C10H14N2O.C8H11N3.C7H9ClN2/c1-27-14-4-2-3-13(11-14)23-8-6-18-16(20(23)26)12-15-17(21-18)5-7-22(9-10-24)19(15)25;1-8(23)15-14(21)13-11(17(18,19)20)7-12(22-16(13)25-15)9-4-3-5-10(6-9)24-2;1-20-12-6-4-11(5-7-12)15-9-14(18-22-15)16(19)17-10-13-3-2-8-21-13;1-13(2)19(17,18)15-9-5-6-11(10-15)12(16)14-7-3-4-8-14;1-12-10(13)7-4-8-2-5-9(11)6-3-8;9-8-10-5-6-3-1-2-4-7(6)11-8;1-4-2-5(8)3-6(9)7(4)10/h2-8,11-12,24H,9-10H2,1H3;3-7H,21H2,1-2H3;2-9H,10H2,1H3,(H,17,19);11H,3-10H2,1-2H3;2-3,5-6H,4,7,11H2,1H3,(H,12,13);5H,1-4H2,(H2,9,10,11);2-3H,9-10H2,1H3. The van der Waals surface area contributed by atoms with Gasteiger partial charge in [-0.25, -0.2) is 19.9 Å². The second kappa shape index (κ2) is 44.6. The van der Waals surface area contributed by atoms with Gasteiger partial charge in [0.1, 0.15) is 27.8 Å². The van der Waals surface area contributed by atoms with Crippen molar-refractivity contribution in [3.8, 4) is 45.5 Å². The summed E-state index contributed by atoms with van der Waals surface area (Å²) in [7, 11) is 5.94. The zero-order valence-corrected chi connectivity index (χ0v) is 73.7. The number of hydrogen-bond donors (Lipinski definition) is 8. The Balaban J connectivity index is 0.000000158. The van der Waals surface area contributed by atoms with Crippen molar-refractivity contribution in [2.75, 3.05) is 104 Å². The van der Waals surface area contributed by atoms with Gasteiger partial charge in [0.05, 0.1) is 107 Å². The summed E-state index contributed by atoms with van der Waals surface area (Å²) in [5.74, 6) is 2.82. The third-order valence-corrected chi connectivity index (χ3v) is 23.9. The summed E-state index contributed by atoms with van der Waals surface area (Å²) in [6.45, 7) is 5.99.